The van der Waals surface area contributed by atoms with Crippen LogP contribution in [-0.4, -0.2) is 41.0 Å². The van der Waals surface area contributed by atoms with Crippen molar-refractivity contribution in [2.45, 2.75) is 48.5 Å². The summed E-state index contributed by atoms with van der Waals surface area (Å²) in [6, 6.07) is 9.76. The molecule has 2 aliphatic heterocycles. The number of nitrogens with one attached hydrogen (secondary N) is 2. The standard InChI is InChI=1S/C25H29N3O3S2/c1-15(33-24-3-2-10-32-24)25(31)28-13-17-4-5-18(14-28)20(17)12-23(30)26-19-7-8-21-16(11-19)6-9-22(29)27-21/h2-3,7-8,10-11,15,17-18,20H,4-6,9,12-14H2,1H3,(H,26,30)(H,27,29). The van der Waals surface area contributed by atoms with Crippen LogP contribution in [0.1, 0.15) is 38.2 Å². The molecule has 6 nitrogen and oxygen atoms in total. The number of thiophene rings is 1. The van der Waals surface area contributed by atoms with Crippen LogP contribution in [0.15, 0.2) is 39.9 Å². The summed E-state index contributed by atoms with van der Waals surface area (Å²) >= 11 is 3.31. The normalized spacial score (nSPS) is 24.7. The van der Waals surface area contributed by atoms with Crippen LogP contribution in [0.25, 0.3) is 0 Å². The number of rotatable bonds is 6. The first-order chi connectivity index (χ1) is 16.0. The van der Waals surface area contributed by atoms with E-state index >= 15 is 0 Å². The van der Waals surface area contributed by atoms with E-state index in [0.717, 1.165) is 42.9 Å². The summed E-state index contributed by atoms with van der Waals surface area (Å²) in [5.74, 6) is 1.44. The first kappa shape index (κ1) is 22.5. The number of amides is 3. The summed E-state index contributed by atoms with van der Waals surface area (Å²) in [6.45, 7) is 3.53. The van der Waals surface area contributed by atoms with E-state index in [1.54, 1.807) is 23.1 Å². The Morgan fingerprint density at radius 3 is 2.73 bits per heavy atom. The van der Waals surface area contributed by atoms with Crippen LogP contribution in [-0.2, 0) is 20.8 Å². The maximum Gasteiger partial charge on any atom is 0.235 e. The van der Waals surface area contributed by atoms with E-state index in [-0.39, 0.29) is 23.0 Å². The van der Waals surface area contributed by atoms with Crippen molar-refractivity contribution in [3.8, 4) is 0 Å². The van der Waals surface area contributed by atoms with Crippen molar-refractivity contribution < 1.29 is 14.4 Å². The Labute approximate surface area is 202 Å². The van der Waals surface area contributed by atoms with E-state index in [1.165, 1.54) is 4.21 Å². The number of hydrogen-bond acceptors (Lipinski definition) is 5. The lowest BCUT2D eigenvalue weighted by atomic mass is 9.82. The predicted molar refractivity (Wildman–Crippen MR) is 133 cm³/mol. The molecule has 2 aromatic rings. The smallest absolute Gasteiger partial charge is 0.235 e. The number of aryl methyl sites for hydroxylation is 1. The third-order valence-corrected chi connectivity index (χ3v) is 9.34. The number of carbonyl (C=O) groups is 3. The highest BCUT2D eigenvalue weighted by molar-refractivity contribution is 8.02. The third kappa shape index (κ3) is 4.96. The molecular weight excluding hydrogens is 454 g/mol. The number of likely N-dealkylation sites (tertiary alicyclic amines) is 1. The van der Waals surface area contributed by atoms with Crippen LogP contribution in [0.4, 0.5) is 11.4 Å². The first-order valence-corrected chi connectivity index (χ1v) is 13.4. The molecule has 1 saturated carbocycles. The summed E-state index contributed by atoms with van der Waals surface area (Å²) in [5.41, 5.74) is 2.69. The fourth-order valence-electron chi connectivity index (χ4n) is 5.55. The van der Waals surface area contributed by atoms with Crippen LogP contribution >= 0.6 is 23.1 Å². The molecule has 3 aliphatic rings. The van der Waals surface area contributed by atoms with Crippen molar-refractivity contribution >= 4 is 52.2 Å². The van der Waals surface area contributed by atoms with Gasteiger partial charge in [0.15, 0.2) is 0 Å². The molecule has 1 aromatic carbocycles. The van der Waals surface area contributed by atoms with E-state index in [9.17, 15) is 14.4 Å². The average Bonchev–Trinajstić information content (AvgIpc) is 3.37. The Morgan fingerprint density at radius 1 is 1.21 bits per heavy atom. The van der Waals surface area contributed by atoms with Gasteiger partial charge in [0.25, 0.3) is 0 Å². The molecule has 2 N–H and O–H groups in total. The summed E-state index contributed by atoms with van der Waals surface area (Å²) in [7, 11) is 0. The van der Waals surface area contributed by atoms with Gasteiger partial charge in [-0.3, -0.25) is 14.4 Å². The molecule has 3 amide bonds. The SMILES string of the molecule is CC(Sc1cccs1)C(=O)N1CC2CCC(C1)C2CC(=O)Nc1ccc2c(c1)CCC(=O)N2. The molecule has 1 saturated heterocycles. The average molecular weight is 484 g/mol. The number of anilines is 2. The summed E-state index contributed by atoms with van der Waals surface area (Å²) in [4.78, 5) is 39.5. The first-order valence-electron chi connectivity index (χ1n) is 11.7. The minimum absolute atomic E-state index is 0.0399. The molecule has 1 aliphatic carbocycles. The van der Waals surface area contributed by atoms with Gasteiger partial charge in [0.1, 0.15) is 0 Å². The monoisotopic (exact) mass is 483 g/mol. The quantitative estimate of drug-likeness (QED) is 0.588. The van der Waals surface area contributed by atoms with Crippen LogP contribution in [0.2, 0.25) is 0 Å². The van der Waals surface area contributed by atoms with Gasteiger partial charge >= 0.3 is 0 Å². The Balaban J connectivity index is 1.16. The molecule has 174 valence electrons. The molecule has 33 heavy (non-hydrogen) atoms. The van der Waals surface area contributed by atoms with Gasteiger partial charge < -0.3 is 15.5 Å². The molecule has 0 spiro atoms. The van der Waals surface area contributed by atoms with Gasteiger partial charge in [-0.1, -0.05) is 6.07 Å². The topological polar surface area (TPSA) is 78.5 Å². The summed E-state index contributed by atoms with van der Waals surface area (Å²) in [5, 5.41) is 7.89. The molecule has 3 atom stereocenters. The maximum absolute atomic E-state index is 13.1. The second kappa shape index (κ2) is 9.50. The number of hydrogen-bond donors (Lipinski definition) is 2. The van der Waals surface area contributed by atoms with Crippen molar-refractivity contribution in [1.29, 1.82) is 0 Å². The number of piperidine rings is 1. The highest BCUT2D eigenvalue weighted by Crippen LogP contribution is 2.44. The fourth-order valence-corrected chi connectivity index (χ4v) is 7.57. The Kier molecular flexibility index (Phi) is 6.47. The lowest BCUT2D eigenvalue weighted by molar-refractivity contribution is -0.133. The zero-order valence-corrected chi connectivity index (χ0v) is 20.3. The number of carbonyl (C=O) groups excluding carboxylic acids is 3. The molecule has 0 radical (unpaired) electrons. The van der Waals surface area contributed by atoms with Gasteiger partial charge in [-0.2, -0.15) is 0 Å². The van der Waals surface area contributed by atoms with Crippen molar-refractivity contribution in [2.24, 2.45) is 17.8 Å². The second-order valence-electron chi connectivity index (χ2n) is 9.37. The second-order valence-corrected chi connectivity index (χ2v) is 12.0. The molecule has 1 aromatic heterocycles. The van der Waals surface area contributed by atoms with E-state index in [1.807, 2.05) is 41.5 Å². The van der Waals surface area contributed by atoms with Gasteiger partial charge in [0.05, 0.1) is 9.46 Å². The number of benzene rings is 1. The minimum Gasteiger partial charge on any atom is -0.341 e. The number of fused-ring (bicyclic) bond motifs is 3. The van der Waals surface area contributed by atoms with Gasteiger partial charge in [-0.15, -0.1) is 23.1 Å². The van der Waals surface area contributed by atoms with Gasteiger partial charge in [-0.05, 0) is 79.1 Å². The molecule has 2 bridgehead atoms. The zero-order chi connectivity index (χ0) is 22.9. The molecule has 3 unspecified atom stereocenters. The molecule has 8 heteroatoms. The van der Waals surface area contributed by atoms with E-state index in [4.69, 9.17) is 0 Å². The van der Waals surface area contributed by atoms with E-state index < -0.39 is 0 Å². The molecule has 2 fully saturated rings. The summed E-state index contributed by atoms with van der Waals surface area (Å²) < 4.78 is 1.18. The highest BCUT2D eigenvalue weighted by atomic mass is 32.2. The Morgan fingerprint density at radius 2 is 2.00 bits per heavy atom. The number of thioether (sulfide) groups is 1. The van der Waals surface area contributed by atoms with Crippen LogP contribution in [0, 0.1) is 17.8 Å². The predicted octanol–water partition coefficient (Wildman–Crippen LogP) is 4.63. The van der Waals surface area contributed by atoms with Gasteiger partial charge in [0, 0.05) is 37.3 Å². The Bertz CT molecular complexity index is 1040. The fraction of sp³-hybridized carbons (Fsp3) is 0.480. The third-order valence-electron chi connectivity index (χ3n) is 7.18. The van der Waals surface area contributed by atoms with Gasteiger partial charge in [-0.25, -0.2) is 0 Å². The summed E-state index contributed by atoms with van der Waals surface area (Å²) in [6.07, 6.45) is 3.87. The highest BCUT2D eigenvalue weighted by Gasteiger charge is 2.44. The van der Waals surface area contributed by atoms with E-state index in [0.29, 0.717) is 37.0 Å². The zero-order valence-electron chi connectivity index (χ0n) is 18.7. The molecule has 5 rings (SSSR count). The molecular formula is C25H29N3O3S2. The minimum atomic E-state index is -0.0864. The van der Waals surface area contributed by atoms with E-state index in [2.05, 4.69) is 16.7 Å². The van der Waals surface area contributed by atoms with Crippen molar-refractivity contribution in [2.75, 3.05) is 23.7 Å². The number of nitrogens with zero attached hydrogens (tertiary/aromatic N) is 1. The lowest BCUT2D eigenvalue weighted by Gasteiger charge is -2.38. The van der Waals surface area contributed by atoms with Crippen molar-refractivity contribution in [1.82, 2.24) is 4.90 Å². The maximum atomic E-state index is 13.1. The van der Waals surface area contributed by atoms with Crippen LogP contribution in [0.3, 0.4) is 0 Å². The molecule has 3 heterocycles. The Hall–Kier alpha value is -2.32. The van der Waals surface area contributed by atoms with Gasteiger partial charge in [0.2, 0.25) is 17.7 Å². The van der Waals surface area contributed by atoms with Crippen LogP contribution < -0.4 is 10.6 Å². The van der Waals surface area contributed by atoms with Crippen molar-refractivity contribution in [3.63, 3.8) is 0 Å². The lowest BCUT2D eigenvalue weighted by Crippen LogP contribution is -2.48. The van der Waals surface area contributed by atoms with Crippen molar-refractivity contribution in [3.05, 3.63) is 41.3 Å². The largest absolute Gasteiger partial charge is 0.341 e. The van der Waals surface area contributed by atoms with Crippen LogP contribution in [0.5, 0.6) is 0 Å².